The van der Waals surface area contributed by atoms with E-state index < -0.39 is 0 Å². The van der Waals surface area contributed by atoms with E-state index in [-0.39, 0.29) is 36.8 Å². The normalized spacial score (nSPS) is 23.2. The van der Waals surface area contributed by atoms with Crippen LogP contribution in [-0.4, -0.2) is 87.3 Å². The molecule has 22 heavy (non-hydrogen) atoms. The number of likely N-dealkylation sites (N-methyl/N-ethyl adjacent to an activating group) is 1. The second kappa shape index (κ2) is 12.3. The minimum Gasteiger partial charge on any atom is -0.366 e. The van der Waals surface area contributed by atoms with Crippen LogP contribution < -0.4 is 10.6 Å². The lowest BCUT2D eigenvalue weighted by atomic mass is 10.2. The fourth-order valence-electron chi connectivity index (χ4n) is 2.71. The SMILES string of the molecule is CCN1CCOC(C(=O)NCCCN2CCNCC2)C1.Cl.Cl. The molecule has 132 valence electrons. The Bertz CT molecular complexity index is 305. The molecule has 2 N–H and O–H groups in total. The quantitative estimate of drug-likeness (QED) is 0.654. The van der Waals surface area contributed by atoms with Crippen molar-refractivity contribution in [1.82, 2.24) is 20.4 Å². The van der Waals surface area contributed by atoms with Gasteiger partial charge in [0.2, 0.25) is 5.91 Å². The number of morpholine rings is 1. The fourth-order valence-corrected chi connectivity index (χ4v) is 2.71. The van der Waals surface area contributed by atoms with E-state index >= 15 is 0 Å². The van der Waals surface area contributed by atoms with Gasteiger partial charge >= 0.3 is 0 Å². The highest BCUT2D eigenvalue weighted by molar-refractivity contribution is 5.85. The summed E-state index contributed by atoms with van der Waals surface area (Å²) in [5.41, 5.74) is 0. The summed E-state index contributed by atoms with van der Waals surface area (Å²) in [5.74, 6) is 0.0449. The molecule has 0 saturated carbocycles. The zero-order valence-electron chi connectivity index (χ0n) is 13.4. The standard InChI is InChI=1S/C14H28N4O2.2ClH/c1-2-17-10-11-20-13(12-17)14(19)16-4-3-7-18-8-5-15-6-9-18;;/h13,15H,2-12H2,1H3,(H,16,19);2*1H. The molecule has 6 nitrogen and oxygen atoms in total. The van der Waals surface area contributed by atoms with Gasteiger partial charge in [0.25, 0.3) is 0 Å². The molecule has 0 radical (unpaired) electrons. The van der Waals surface area contributed by atoms with Gasteiger partial charge in [-0.2, -0.15) is 0 Å². The van der Waals surface area contributed by atoms with Gasteiger partial charge in [-0.1, -0.05) is 6.92 Å². The van der Waals surface area contributed by atoms with Crippen LogP contribution in [-0.2, 0) is 9.53 Å². The van der Waals surface area contributed by atoms with Gasteiger partial charge in [-0.3, -0.25) is 9.69 Å². The van der Waals surface area contributed by atoms with E-state index in [0.29, 0.717) is 6.61 Å². The van der Waals surface area contributed by atoms with E-state index in [2.05, 4.69) is 27.4 Å². The first kappa shape index (κ1) is 21.9. The van der Waals surface area contributed by atoms with E-state index in [1.807, 2.05) is 0 Å². The summed E-state index contributed by atoms with van der Waals surface area (Å²) >= 11 is 0. The first-order valence-corrected chi connectivity index (χ1v) is 7.84. The topological polar surface area (TPSA) is 56.8 Å². The summed E-state index contributed by atoms with van der Waals surface area (Å²) in [6, 6.07) is 0. The van der Waals surface area contributed by atoms with E-state index in [9.17, 15) is 4.79 Å². The summed E-state index contributed by atoms with van der Waals surface area (Å²) in [4.78, 5) is 16.7. The highest BCUT2D eigenvalue weighted by Gasteiger charge is 2.25. The average Bonchev–Trinajstić information content (AvgIpc) is 2.52. The van der Waals surface area contributed by atoms with Crippen molar-refractivity contribution in [1.29, 1.82) is 0 Å². The van der Waals surface area contributed by atoms with Crippen LogP contribution in [0.2, 0.25) is 0 Å². The van der Waals surface area contributed by atoms with Gasteiger partial charge in [0.05, 0.1) is 6.61 Å². The van der Waals surface area contributed by atoms with Crippen LogP contribution in [0, 0.1) is 0 Å². The van der Waals surface area contributed by atoms with Gasteiger partial charge in [-0.25, -0.2) is 0 Å². The van der Waals surface area contributed by atoms with Crippen molar-refractivity contribution in [2.75, 3.05) is 65.5 Å². The summed E-state index contributed by atoms with van der Waals surface area (Å²) in [6.07, 6.45) is 0.721. The zero-order valence-corrected chi connectivity index (χ0v) is 15.0. The van der Waals surface area contributed by atoms with Crippen LogP contribution in [0.25, 0.3) is 0 Å². The molecule has 0 aromatic carbocycles. The lowest BCUT2D eigenvalue weighted by Crippen LogP contribution is -2.50. The van der Waals surface area contributed by atoms with Crippen LogP contribution in [0.15, 0.2) is 0 Å². The van der Waals surface area contributed by atoms with Crippen LogP contribution in [0.1, 0.15) is 13.3 Å². The zero-order chi connectivity index (χ0) is 14.2. The van der Waals surface area contributed by atoms with Crippen LogP contribution >= 0.6 is 24.8 Å². The molecule has 2 aliphatic rings. The third-order valence-electron chi connectivity index (χ3n) is 4.05. The molecule has 8 heteroatoms. The fraction of sp³-hybridized carbons (Fsp3) is 0.929. The van der Waals surface area contributed by atoms with Crippen molar-refractivity contribution in [2.24, 2.45) is 0 Å². The maximum atomic E-state index is 12.0. The molecule has 0 bridgehead atoms. The predicted octanol–water partition coefficient (Wildman–Crippen LogP) is -0.0378. The molecular weight excluding hydrogens is 327 g/mol. The molecule has 1 unspecified atom stereocenters. The number of ether oxygens (including phenoxy) is 1. The summed E-state index contributed by atoms with van der Waals surface area (Å²) in [6.45, 7) is 11.6. The van der Waals surface area contributed by atoms with Crippen molar-refractivity contribution in [2.45, 2.75) is 19.4 Å². The predicted molar refractivity (Wildman–Crippen MR) is 93.3 cm³/mol. The minimum absolute atomic E-state index is 0. The van der Waals surface area contributed by atoms with E-state index in [1.165, 1.54) is 0 Å². The molecule has 0 spiro atoms. The molecule has 2 rings (SSSR count). The van der Waals surface area contributed by atoms with E-state index in [4.69, 9.17) is 4.74 Å². The monoisotopic (exact) mass is 356 g/mol. The molecule has 0 aliphatic carbocycles. The second-order valence-corrected chi connectivity index (χ2v) is 5.49. The van der Waals surface area contributed by atoms with Crippen molar-refractivity contribution in [3.05, 3.63) is 0 Å². The Hall–Kier alpha value is -0.110. The van der Waals surface area contributed by atoms with Crippen molar-refractivity contribution in [3.63, 3.8) is 0 Å². The minimum atomic E-state index is -0.289. The van der Waals surface area contributed by atoms with Gasteiger partial charge in [0.15, 0.2) is 0 Å². The van der Waals surface area contributed by atoms with Gasteiger partial charge < -0.3 is 20.3 Å². The Morgan fingerprint density at radius 2 is 1.95 bits per heavy atom. The lowest BCUT2D eigenvalue weighted by Gasteiger charge is -2.31. The molecule has 0 aromatic rings. The van der Waals surface area contributed by atoms with Crippen molar-refractivity contribution < 1.29 is 9.53 Å². The maximum Gasteiger partial charge on any atom is 0.250 e. The maximum absolute atomic E-state index is 12.0. The highest BCUT2D eigenvalue weighted by Crippen LogP contribution is 2.04. The molecule has 2 heterocycles. The van der Waals surface area contributed by atoms with Gasteiger partial charge in [0, 0.05) is 45.8 Å². The Kier molecular flexibility index (Phi) is 12.3. The third kappa shape index (κ3) is 7.44. The molecule has 0 aromatic heterocycles. The van der Waals surface area contributed by atoms with E-state index in [0.717, 1.165) is 65.3 Å². The van der Waals surface area contributed by atoms with Gasteiger partial charge in [0.1, 0.15) is 6.10 Å². The molecule has 2 aliphatic heterocycles. The number of piperazine rings is 1. The molecule has 2 saturated heterocycles. The number of amides is 1. The molecule has 2 fully saturated rings. The summed E-state index contributed by atoms with van der Waals surface area (Å²) in [7, 11) is 0. The summed E-state index contributed by atoms with van der Waals surface area (Å²) < 4.78 is 5.55. The van der Waals surface area contributed by atoms with Crippen molar-refractivity contribution in [3.8, 4) is 0 Å². The number of carbonyl (C=O) groups is 1. The number of hydrogen-bond acceptors (Lipinski definition) is 5. The number of nitrogens with one attached hydrogen (secondary N) is 2. The Balaban J connectivity index is 0.00000220. The molecule has 1 atom stereocenters. The largest absolute Gasteiger partial charge is 0.366 e. The Labute approximate surface area is 146 Å². The average molecular weight is 357 g/mol. The van der Waals surface area contributed by atoms with Gasteiger partial charge in [-0.15, -0.1) is 24.8 Å². The first-order chi connectivity index (χ1) is 9.79. The van der Waals surface area contributed by atoms with Crippen LogP contribution in [0.5, 0.6) is 0 Å². The third-order valence-corrected chi connectivity index (χ3v) is 4.05. The van der Waals surface area contributed by atoms with E-state index in [1.54, 1.807) is 0 Å². The smallest absolute Gasteiger partial charge is 0.250 e. The van der Waals surface area contributed by atoms with Crippen LogP contribution in [0.4, 0.5) is 0 Å². The molecule has 1 amide bonds. The van der Waals surface area contributed by atoms with Gasteiger partial charge in [-0.05, 0) is 19.5 Å². The number of carbonyl (C=O) groups excluding carboxylic acids is 1. The summed E-state index contributed by atoms with van der Waals surface area (Å²) in [5, 5.41) is 6.35. The Morgan fingerprint density at radius 1 is 1.23 bits per heavy atom. The Morgan fingerprint density at radius 3 is 2.64 bits per heavy atom. The number of hydrogen-bond donors (Lipinski definition) is 2. The lowest BCUT2D eigenvalue weighted by molar-refractivity contribution is -0.138. The number of halogens is 2. The number of nitrogens with zero attached hydrogens (tertiary/aromatic N) is 2. The number of rotatable bonds is 6. The molecular formula is C14H30Cl2N4O2. The van der Waals surface area contributed by atoms with Crippen LogP contribution in [0.3, 0.4) is 0 Å². The highest BCUT2D eigenvalue weighted by atomic mass is 35.5. The first-order valence-electron chi connectivity index (χ1n) is 7.84. The van der Waals surface area contributed by atoms with Crippen molar-refractivity contribution >= 4 is 30.7 Å². The second-order valence-electron chi connectivity index (χ2n) is 5.49.